The highest BCUT2D eigenvalue weighted by Crippen LogP contribution is 2.31. The maximum Gasteiger partial charge on any atom is 0.230 e. The number of nitrogens with zero attached hydrogens (tertiary/aromatic N) is 1. The van der Waals surface area contributed by atoms with Gasteiger partial charge in [0.15, 0.2) is 5.13 Å². The van der Waals surface area contributed by atoms with Crippen molar-refractivity contribution in [3.8, 4) is 22.8 Å². The second-order valence-electron chi connectivity index (χ2n) is 5.95. The van der Waals surface area contributed by atoms with E-state index in [2.05, 4.69) is 10.3 Å². The minimum absolute atomic E-state index is 0.0887. The Morgan fingerprint density at radius 3 is 2.37 bits per heavy atom. The van der Waals surface area contributed by atoms with Gasteiger partial charge >= 0.3 is 0 Å². The Kier molecular flexibility index (Phi) is 6.08. The van der Waals surface area contributed by atoms with Crippen LogP contribution in [0.4, 0.5) is 5.13 Å². The Bertz CT molecular complexity index is 902. The molecule has 6 heteroatoms. The van der Waals surface area contributed by atoms with Crippen molar-refractivity contribution in [1.82, 2.24) is 4.98 Å². The summed E-state index contributed by atoms with van der Waals surface area (Å²) in [5.41, 5.74) is 2.80. The lowest BCUT2D eigenvalue weighted by Crippen LogP contribution is -2.14. The summed E-state index contributed by atoms with van der Waals surface area (Å²) in [4.78, 5) is 18.0. The fourth-order valence-corrected chi connectivity index (χ4v) is 3.54. The number of hydrogen-bond donors (Lipinski definition) is 1. The summed E-state index contributed by atoms with van der Waals surface area (Å²) in [6.45, 7) is 4.57. The first-order chi connectivity index (χ1) is 13.1. The van der Waals surface area contributed by atoms with Gasteiger partial charge in [-0.1, -0.05) is 12.1 Å². The minimum Gasteiger partial charge on any atom is -0.497 e. The predicted octanol–water partition coefficient (Wildman–Crippen LogP) is 4.71. The van der Waals surface area contributed by atoms with Crippen LogP contribution in [-0.2, 0) is 11.2 Å². The zero-order valence-electron chi connectivity index (χ0n) is 15.6. The number of rotatable bonds is 7. The Morgan fingerprint density at radius 2 is 1.74 bits per heavy atom. The highest BCUT2D eigenvalue weighted by Gasteiger charge is 2.12. The summed E-state index contributed by atoms with van der Waals surface area (Å²) < 4.78 is 10.6. The highest BCUT2D eigenvalue weighted by atomic mass is 32.1. The van der Waals surface area contributed by atoms with E-state index in [0.29, 0.717) is 18.2 Å². The van der Waals surface area contributed by atoms with E-state index in [-0.39, 0.29) is 5.91 Å². The number of nitrogens with one attached hydrogen (secondary N) is 1. The average Bonchev–Trinajstić information content (AvgIpc) is 3.03. The van der Waals surface area contributed by atoms with E-state index < -0.39 is 0 Å². The second-order valence-corrected chi connectivity index (χ2v) is 7.16. The number of ether oxygens (including phenoxy) is 2. The zero-order chi connectivity index (χ0) is 19.2. The Balaban J connectivity index is 1.65. The summed E-state index contributed by atoms with van der Waals surface area (Å²) >= 11 is 1.47. The number of carbonyl (C=O) groups excluding carboxylic acids is 1. The van der Waals surface area contributed by atoms with E-state index in [1.807, 2.05) is 62.4 Å². The lowest BCUT2D eigenvalue weighted by Gasteiger charge is -2.05. The third-order valence-electron chi connectivity index (χ3n) is 4.01. The molecule has 27 heavy (non-hydrogen) atoms. The maximum atomic E-state index is 12.3. The molecule has 140 valence electrons. The number of carbonyl (C=O) groups is 1. The van der Waals surface area contributed by atoms with Gasteiger partial charge in [-0.2, -0.15) is 0 Å². The molecule has 1 aromatic heterocycles. The molecule has 0 saturated carbocycles. The van der Waals surface area contributed by atoms with E-state index in [1.165, 1.54) is 11.3 Å². The van der Waals surface area contributed by atoms with Crippen molar-refractivity contribution in [2.24, 2.45) is 0 Å². The molecule has 0 atom stereocenters. The summed E-state index contributed by atoms with van der Waals surface area (Å²) in [7, 11) is 1.64. The Labute approximate surface area is 163 Å². The van der Waals surface area contributed by atoms with Gasteiger partial charge in [-0.25, -0.2) is 4.98 Å². The third kappa shape index (κ3) is 4.86. The van der Waals surface area contributed by atoms with Crippen LogP contribution in [0.15, 0.2) is 48.5 Å². The van der Waals surface area contributed by atoms with E-state index in [9.17, 15) is 4.79 Å². The normalized spacial score (nSPS) is 10.5. The van der Waals surface area contributed by atoms with Crippen LogP contribution < -0.4 is 14.8 Å². The lowest BCUT2D eigenvalue weighted by atomic mass is 10.1. The van der Waals surface area contributed by atoms with Crippen LogP contribution in [0.2, 0.25) is 0 Å². The Hall–Kier alpha value is -2.86. The van der Waals surface area contributed by atoms with Crippen molar-refractivity contribution < 1.29 is 14.3 Å². The number of methoxy groups -OCH3 is 1. The summed E-state index contributed by atoms with van der Waals surface area (Å²) in [6.07, 6.45) is 0.295. The molecule has 3 aromatic rings. The molecule has 0 unspecified atom stereocenters. The van der Waals surface area contributed by atoms with Crippen molar-refractivity contribution in [1.29, 1.82) is 0 Å². The zero-order valence-corrected chi connectivity index (χ0v) is 16.4. The lowest BCUT2D eigenvalue weighted by molar-refractivity contribution is -0.115. The second kappa shape index (κ2) is 8.68. The fraction of sp³-hybridized carbons (Fsp3) is 0.238. The van der Waals surface area contributed by atoms with Gasteiger partial charge in [-0.3, -0.25) is 4.79 Å². The molecule has 0 aliphatic rings. The van der Waals surface area contributed by atoms with Crippen LogP contribution in [0.25, 0.3) is 11.3 Å². The predicted molar refractivity (Wildman–Crippen MR) is 109 cm³/mol. The van der Waals surface area contributed by atoms with Crippen molar-refractivity contribution in [2.75, 3.05) is 19.0 Å². The average molecular weight is 382 g/mol. The maximum absolute atomic E-state index is 12.3. The first-order valence-electron chi connectivity index (χ1n) is 8.72. The molecule has 0 spiro atoms. The van der Waals surface area contributed by atoms with Crippen LogP contribution in [0.1, 0.15) is 17.4 Å². The van der Waals surface area contributed by atoms with Crippen molar-refractivity contribution >= 4 is 22.4 Å². The van der Waals surface area contributed by atoms with Crippen molar-refractivity contribution in [3.05, 3.63) is 59.0 Å². The molecule has 1 amide bonds. The molecule has 0 aliphatic carbocycles. The molecular formula is C21H22N2O3S. The quantitative estimate of drug-likeness (QED) is 0.643. The first kappa shape index (κ1) is 18.9. The topological polar surface area (TPSA) is 60.5 Å². The number of benzene rings is 2. The van der Waals surface area contributed by atoms with Gasteiger partial charge in [-0.15, -0.1) is 11.3 Å². The van der Waals surface area contributed by atoms with Crippen molar-refractivity contribution in [3.63, 3.8) is 0 Å². The van der Waals surface area contributed by atoms with Crippen LogP contribution in [0.5, 0.6) is 11.5 Å². The van der Waals surface area contributed by atoms with Gasteiger partial charge < -0.3 is 14.8 Å². The molecule has 0 saturated heterocycles. The van der Waals surface area contributed by atoms with Gasteiger partial charge in [0, 0.05) is 10.4 Å². The minimum atomic E-state index is -0.0887. The van der Waals surface area contributed by atoms with E-state index in [4.69, 9.17) is 9.47 Å². The molecule has 0 aliphatic heterocycles. The number of aromatic nitrogens is 1. The van der Waals surface area contributed by atoms with Crippen LogP contribution in [0, 0.1) is 6.92 Å². The van der Waals surface area contributed by atoms with Crippen LogP contribution in [0.3, 0.4) is 0 Å². The number of aryl methyl sites for hydroxylation is 1. The number of anilines is 1. The first-order valence-corrected chi connectivity index (χ1v) is 9.54. The molecule has 0 radical (unpaired) electrons. The third-order valence-corrected chi connectivity index (χ3v) is 4.89. The van der Waals surface area contributed by atoms with E-state index in [1.54, 1.807) is 7.11 Å². The molecule has 1 N–H and O–H groups in total. The molecule has 5 nitrogen and oxygen atoms in total. The monoisotopic (exact) mass is 382 g/mol. The SMILES string of the molecule is CCOc1ccc(CC(=O)Nc2nc(-c3ccc(OC)cc3)c(C)s2)cc1. The van der Waals surface area contributed by atoms with E-state index in [0.717, 1.165) is 33.2 Å². The number of thiazole rings is 1. The summed E-state index contributed by atoms with van der Waals surface area (Å²) in [5.74, 6) is 1.52. The van der Waals surface area contributed by atoms with Gasteiger partial charge in [0.2, 0.25) is 5.91 Å². The van der Waals surface area contributed by atoms with Gasteiger partial charge in [0.1, 0.15) is 11.5 Å². The Morgan fingerprint density at radius 1 is 1.07 bits per heavy atom. The van der Waals surface area contributed by atoms with Crippen LogP contribution in [-0.4, -0.2) is 24.6 Å². The standard InChI is InChI=1S/C21H22N2O3S/c1-4-26-18-9-5-15(6-10-18)13-19(24)22-21-23-20(14(2)27-21)16-7-11-17(25-3)12-8-16/h5-12H,4,13H2,1-3H3,(H,22,23,24). The van der Waals surface area contributed by atoms with Crippen LogP contribution >= 0.6 is 11.3 Å². The van der Waals surface area contributed by atoms with Crippen molar-refractivity contribution in [2.45, 2.75) is 20.3 Å². The largest absolute Gasteiger partial charge is 0.497 e. The molecule has 0 bridgehead atoms. The molecular weight excluding hydrogens is 360 g/mol. The molecule has 1 heterocycles. The number of hydrogen-bond acceptors (Lipinski definition) is 5. The smallest absolute Gasteiger partial charge is 0.230 e. The molecule has 2 aromatic carbocycles. The van der Waals surface area contributed by atoms with Gasteiger partial charge in [0.05, 0.1) is 25.8 Å². The summed E-state index contributed by atoms with van der Waals surface area (Å²) in [6, 6.07) is 15.3. The molecule has 0 fully saturated rings. The summed E-state index contributed by atoms with van der Waals surface area (Å²) in [5, 5.41) is 3.50. The van der Waals surface area contributed by atoms with Gasteiger partial charge in [-0.05, 0) is 55.8 Å². The highest BCUT2D eigenvalue weighted by molar-refractivity contribution is 7.16. The fourth-order valence-electron chi connectivity index (χ4n) is 2.69. The van der Waals surface area contributed by atoms with E-state index >= 15 is 0 Å². The number of amides is 1. The van der Waals surface area contributed by atoms with Gasteiger partial charge in [0.25, 0.3) is 0 Å². The molecule has 3 rings (SSSR count).